The summed E-state index contributed by atoms with van der Waals surface area (Å²) in [7, 11) is 0. The Morgan fingerprint density at radius 2 is 1.11 bits per heavy atom. The smallest absolute Gasteiger partial charge is 0.0503 e. The van der Waals surface area contributed by atoms with Crippen molar-refractivity contribution in [2.24, 2.45) is 0 Å². The molecular weight excluding hydrogens is 458 g/mol. The summed E-state index contributed by atoms with van der Waals surface area (Å²) in [5.41, 5.74) is 11.3. The first kappa shape index (κ1) is 22.6. The molecule has 0 spiro atoms. The van der Waals surface area contributed by atoms with Crippen LogP contribution in [-0.4, -0.2) is 0 Å². The summed E-state index contributed by atoms with van der Waals surface area (Å²) in [6, 6.07) is 50.7. The number of nitrogens with zero attached hydrogens (tertiary/aromatic N) is 1. The summed E-state index contributed by atoms with van der Waals surface area (Å²) in [6.45, 7) is 4.70. The lowest BCUT2D eigenvalue weighted by atomic mass is 9.73. The molecule has 0 atom stereocenters. The van der Waals surface area contributed by atoms with Crippen molar-refractivity contribution >= 4 is 27.8 Å². The van der Waals surface area contributed by atoms with Crippen molar-refractivity contribution in [2.45, 2.75) is 19.3 Å². The van der Waals surface area contributed by atoms with E-state index < -0.39 is 0 Å². The van der Waals surface area contributed by atoms with E-state index in [0.29, 0.717) is 0 Å². The number of fused-ring (bicyclic) bond motifs is 3. The van der Waals surface area contributed by atoms with Gasteiger partial charge in [-0.15, -0.1) is 0 Å². The molecule has 0 aromatic heterocycles. The van der Waals surface area contributed by atoms with Gasteiger partial charge in [-0.3, -0.25) is 0 Å². The van der Waals surface area contributed by atoms with Gasteiger partial charge in [0, 0.05) is 11.1 Å². The maximum absolute atomic E-state index is 2.41. The lowest BCUT2D eigenvalue weighted by Gasteiger charge is -2.42. The zero-order valence-corrected chi connectivity index (χ0v) is 21.7. The molecule has 1 heteroatoms. The third-order valence-electron chi connectivity index (χ3n) is 8.06. The standard InChI is InChI=1S/C37H29N/c1-37(2)33-17-8-9-18-35(33)38(30-13-4-3-5-14-30)36-24-23-29(25-34(36)37)26-19-21-28(22-20-26)32-16-10-12-27-11-6-7-15-31(27)32/h3-25H,1-2H3. The van der Waals surface area contributed by atoms with E-state index in [1.54, 1.807) is 0 Å². The zero-order valence-electron chi connectivity index (χ0n) is 21.7. The number of benzene rings is 6. The highest BCUT2D eigenvalue weighted by Gasteiger charge is 2.36. The normalized spacial score (nSPS) is 13.7. The molecule has 7 rings (SSSR count). The van der Waals surface area contributed by atoms with E-state index in [2.05, 4.69) is 158 Å². The van der Waals surface area contributed by atoms with E-state index in [1.165, 1.54) is 61.2 Å². The first-order valence-electron chi connectivity index (χ1n) is 13.3. The van der Waals surface area contributed by atoms with E-state index in [-0.39, 0.29) is 5.41 Å². The Bertz CT molecular complexity index is 1770. The van der Waals surface area contributed by atoms with Gasteiger partial charge in [-0.05, 0) is 74.5 Å². The molecule has 1 aliphatic rings. The van der Waals surface area contributed by atoms with Crippen LogP contribution in [-0.2, 0) is 5.41 Å². The average Bonchev–Trinajstić information content (AvgIpc) is 2.98. The highest BCUT2D eigenvalue weighted by atomic mass is 15.2. The Labute approximate surface area is 224 Å². The molecule has 0 fully saturated rings. The summed E-state index contributed by atoms with van der Waals surface area (Å²) < 4.78 is 0. The molecule has 182 valence electrons. The molecule has 1 nitrogen and oxygen atoms in total. The molecule has 6 aromatic rings. The highest BCUT2D eigenvalue weighted by Crippen LogP contribution is 2.52. The molecular formula is C37H29N. The second kappa shape index (κ2) is 8.75. The second-order valence-corrected chi connectivity index (χ2v) is 10.6. The van der Waals surface area contributed by atoms with Crippen LogP contribution >= 0.6 is 0 Å². The van der Waals surface area contributed by atoms with Crippen molar-refractivity contribution < 1.29 is 0 Å². The van der Waals surface area contributed by atoms with Gasteiger partial charge in [0.1, 0.15) is 0 Å². The topological polar surface area (TPSA) is 3.24 Å². The Morgan fingerprint density at radius 1 is 0.474 bits per heavy atom. The summed E-state index contributed by atoms with van der Waals surface area (Å²) in [4.78, 5) is 2.41. The van der Waals surface area contributed by atoms with E-state index in [0.717, 1.165) is 0 Å². The molecule has 0 amide bonds. The van der Waals surface area contributed by atoms with Gasteiger partial charge in [-0.2, -0.15) is 0 Å². The number of rotatable bonds is 3. The summed E-state index contributed by atoms with van der Waals surface area (Å²) >= 11 is 0. The Hall–Kier alpha value is -4.62. The van der Waals surface area contributed by atoms with Crippen LogP contribution in [0.3, 0.4) is 0 Å². The van der Waals surface area contributed by atoms with Crippen molar-refractivity contribution in [3.63, 3.8) is 0 Å². The lowest BCUT2D eigenvalue weighted by Crippen LogP contribution is -2.30. The molecule has 38 heavy (non-hydrogen) atoms. The minimum Gasteiger partial charge on any atom is -0.310 e. The van der Waals surface area contributed by atoms with Gasteiger partial charge in [-0.25, -0.2) is 0 Å². The molecule has 0 unspecified atom stereocenters. The fourth-order valence-electron chi connectivity index (χ4n) is 6.06. The van der Waals surface area contributed by atoms with Gasteiger partial charge in [0.25, 0.3) is 0 Å². The van der Waals surface area contributed by atoms with Crippen LogP contribution in [0.1, 0.15) is 25.0 Å². The number of anilines is 3. The van der Waals surface area contributed by atoms with Crippen LogP contribution in [0.15, 0.2) is 140 Å². The Kier molecular flexibility index (Phi) is 5.19. The van der Waals surface area contributed by atoms with Crippen molar-refractivity contribution in [1.29, 1.82) is 0 Å². The maximum Gasteiger partial charge on any atom is 0.0503 e. The number of hydrogen-bond acceptors (Lipinski definition) is 1. The monoisotopic (exact) mass is 487 g/mol. The molecule has 0 saturated heterocycles. The Balaban J connectivity index is 1.33. The van der Waals surface area contributed by atoms with Gasteiger partial charge < -0.3 is 4.90 Å². The van der Waals surface area contributed by atoms with Crippen LogP contribution in [0.2, 0.25) is 0 Å². The third kappa shape index (κ3) is 3.55. The molecule has 1 aliphatic heterocycles. The van der Waals surface area contributed by atoms with Crippen molar-refractivity contribution in [3.8, 4) is 22.3 Å². The zero-order chi connectivity index (χ0) is 25.7. The van der Waals surface area contributed by atoms with Crippen LogP contribution in [0.5, 0.6) is 0 Å². The van der Waals surface area contributed by atoms with Gasteiger partial charge in [0.2, 0.25) is 0 Å². The van der Waals surface area contributed by atoms with Gasteiger partial charge in [-0.1, -0.05) is 123 Å². The fraction of sp³-hybridized carbons (Fsp3) is 0.0811. The summed E-state index contributed by atoms with van der Waals surface area (Å²) in [5, 5.41) is 2.56. The van der Waals surface area contributed by atoms with Crippen molar-refractivity contribution in [2.75, 3.05) is 4.90 Å². The van der Waals surface area contributed by atoms with Crippen LogP contribution in [0.25, 0.3) is 33.0 Å². The molecule has 0 bridgehead atoms. The molecule has 6 aromatic carbocycles. The first-order chi connectivity index (χ1) is 18.6. The van der Waals surface area contributed by atoms with E-state index >= 15 is 0 Å². The largest absolute Gasteiger partial charge is 0.310 e. The van der Waals surface area contributed by atoms with Crippen molar-refractivity contribution in [3.05, 3.63) is 151 Å². The summed E-state index contributed by atoms with van der Waals surface area (Å²) in [6.07, 6.45) is 0. The van der Waals surface area contributed by atoms with Crippen LogP contribution < -0.4 is 4.90 Å². The van der Waals surface area contributed by atoms with Crippen LogP contribution in [0.4, 0.5) is 17.1 Å². The minimum atomic E-state index is -0.115. The van der Waals surface area contributed by atoms with Crippen LogP contribution in [0, 0.1) is 0 Å². The van der Waals surface area contributed by atoms with Crippen molar-refractivity contribution in [1.82, 2.24) is 0 Å². The fourth-order valence-corrected chi connectivity index (χ4v) is 6.06. The van der Waals surface area contributed by atoms with Gasteiger partial charge in [0.15, 0.2) is 0 Å². The van der Waals surface area contributed by atoms with E-state index in [1.807, 2.05) is 0 Å². The quantitative estimate of drug-likeness (QED) is 0.240. The van der Waals surface area contributed by atoms with E-state index in [9.17, 15) is 0 Å². The SMILES string of the molecule is CC1(C)c2ccccc2N(c2ccccc2)c2ccc(-c3ccc(-c4cccc5ccccc45)cc3)cc21. The maximum atomic E-state index is 2.41. The predicted molar refractivity (Wildman–Crippen MR) is 162 cm³/mol. The molecule has 0 N–H and O–H groups in total. The molecule has 0 saturated carbocycles. The molecule has 0 radical (unpaired) electrons. The predicted octanol–water partition coefficient (Wildman–Crippen LogP) is 10.3. The second-order valence-electron chi connectivity index (χ2n) is 10.6. The molecule has 0 aliphatic carbocycles. The minimum absolute atomic E-state index is 0.115. The number of para-hydroxylation sites is 2. The average molecular weight is 488 g/mol. The highest BCUT2D eigenvalue weighted by molar-refractivity contribution is 5.97. The van der Waals surface area contributed by atoms with Gasteiger partial charge >= 0.3 is 0 Å². The third-order valence-corrected chi connectivity index (χ3v) is 8.06. The number of hydrogen-bond donors (Lipinski definition) is 0. The molecule has 1 heterocycles. The van der Waals surface area contributed by atoms with Gasteiger partial charge in [0.05, 0.1) is 11.4 Å². The Morgan fingerprint density at radius 3 is 1.95 bits per heavy atom. The van der Waals surface area contributed by atoms with E-state index in [4.69, 9.17) is 0 Å². The first-order valence-corrected chi connectivity index (χ1v) is 13.3. The summed E-state index contributed by atoms with van der Waals surface area (Å²) in [5.74, 6) is 0. The lowest BCUT2D eigenvalue weighted by molar-refractivity contribution is 0.632.